The van der Waals surface area contributed by atoms with Crippen LogP contribution in [0.15, 0.2) is 23.2 Å². The van der Waals surface area contributed by atoms with Crippen LogP contribution < -0.4 is 5.32 Å². The van der Waals surface area contributed by atoms with Gasteiger partial charge in [0, 0.05) is 12.7 Å². The summed E-state index contributed by atoms with van der Waals surface area (Å²) in [5, 5.41) is 2.49. The topological polar surface area (TPSA) is 79.4 Å². The largest absolute Gasteiger partial charge is 0.335 e. The van der Waals surface area contributed by atoms with Crippen LogP contribution in [-0.4, -0.2) is 36.8 Å². The highest BCUT2D eigenvalue weighted by atomic mass is 35.5. The lowest BCUT2D eigenvalue weighted by Crippen LogP contribution is -2.34. The van der Waals surface area contributed by atoms with Gasteiger partial charge < -0.3 is 5.32 Å². The number of sulfonamides is 1. The van der Waals surface area contributed by atoms with Crippen molar-refractivity contribution in [1.82, 2.24) is 14.6 Å². The number of amides is 2. The number of hydrogen-bond donors (Lipinski definition) is 1. The minimum atomic E-state index is -3.81. The van der Waals surface area contributed by atoms with Crippen molar-refractivity contribution in [2.24, 2.45) is 0 Å². The number of rotatable bonds is 2. The number of pyridine rings is 1. The van der Waals surface area contributed by atoms with E-state index in [-0.39, 0.29) is 16.6 Å². The average Bonchev–Trinajstić information content (AvgIpc) is 2.65. The van der Waals surface area contributed by atoms with Crippen molar-refractivity contribution in [1.29, 1.82) is 0 Å². The Morgan fingerprint density at radius 1 is 1.50 bits per heavy atom. The monoisotopic (exact) mass is 261 g/mol. The highest BCUT2D eigenvalue weighted by Crippen LogP contribution is 2.19. The van der Waals surface area contributed by atoms with Gasteiger partial charge in [-0.25, -0.2) is 22.5 Å². The molecule has 2 heterocycles. The quantitative estimate of drug-likeness (QED) is 0.784. The molecule has 2 amide bonds. The van der Waals surface area contributed by atoms with Crippen LogP contribution in [0.4, 0.5) is 4.79 Å². The summed E-state index contributed by atoms with van der Waals surface area (Å²) in [6.07, 6.45) is 1.28. The summed E-state index contributed by atoms with van der Waals surface area (Å²) in [4.78, 5) is 14.9. The fraction of sp³-hybridized carbons (Fsp3) is 0.250. The zero-order valence-electron chi connectivity index (χ0n) is 8.05. The standard InChI is InChI=1S/C8H8ClN3O3S/c9-7-5-6(1-2-10-7)16(14,15)12-4-3-11-8(12)13/h1-2,5H,3-4H2,(H,11,13). The maximum Gasteiger partial charge on any atom is 0.331 e. The van der Waals surface area contributed by atoms with Crippen molar-refractivity contribution in [3.05, 3.63) is 23.5 Å². The zero-order chi connectivity index (χ0) is 11.8. The van der Waals surface area contributed by atoms with E-state index in [0.717, 1.165) is 4.31 Å². The van der Waals surface area contributed by atoms with Crippen molar-refractivity contribution in [2.45, 2.75) is 4.90 Å². The molecule has 1 N–H and O–H groups in total. The molecule has 0 atom stereocenters. The van der Waals surface area contributed by atoms with Crippen LogP contribution in [0, 0.1) is 0 Å². The zero-order valence-corrected chi connectivity index (χ0v) is 9.62. The summed E-state index contributed by atoms with van der Waals surface area (Å²) >= 11 is 5.60. The predicted molar refractivity (Wildman–Crippen MR) is 56.5 cm³/mol. The summed E-state index contributed by atoms with van der Waals surface area (Å²) in [7, 11) is -3.81. The van der Waals surface area contributed by atoms with Crippen LogP contribution in [0.25, 0.3) is 0 Å². The van der Waals surface area contributed by atoms with E-state index < -0.39 is 16.1 Å². The summed E-state index contributed by atoms with van der Waals surface area (Å²) in [6, 6.07) is 1.89. The Bertz CT molecular complexity index is 531. The van der Waals surface area contributed by atoms with Gasteiger partial charge in [-0.1, -0.05) is 11.6 Å². The third-order valence-electron chi connectivity index (χ3n) is 2.10. The van der Waals surface area contributed by atoms with Gasteiger partial charge in [0.2, 0.25) is 0 Å². The molecule has 0 bridgehead atoms. The molecule has 0 spiro atoms. The van der Waals surface area contributed by atoms with Crippen molar-refractivity contribution < 1.29 is 13.2 Å². The highest BCUT2D eigenvalue weighted by Gasteiger charge is 2.32. The molecular formula is C8H8ClN3O3S. The third-order valence-corrected chi connectivity index (χ3v) is 4.09. The number of hydrogen-bond acceptors (Lipinski definition) is 4. The van der Waals surface area contributed by atoms with Crippen molar-refractivity contribution in [3.8, 4) is 0 Å². The van der Waals surface area contributed by atoms with Crippen LogP contribution in [0.5, 0.6) is 0 Å². The lowest BCUT2D eigenvalue weighted by atomic mass is 10.5. The van der Waals surface area contributed by atoms with E-state index in [1.54, 1.807) is 0 Å². The number of urea groups is 1. The summed E-state index contributed by atoms with van der Waals surface area (Å²) in [5.74, 6) is 0. The first kappa shape index (κ1) is 11.2. The molecule has 1 fully saturated rings. The SMILES string of the molecule is O=C1NCCN1S(=O)(=O)c1ccnc(Cl)c1. The van der Waals surface area contributed by atoms with Crippen LogP contribution in [0.1, 0.15) is 0 Å². The summed E-state index contributed by atoms with van der Waals surface area (Å²) in [6.45, 7) is 0.442. The average molecular weight is 262 g/mol. The molecule has 0 aromatic carbocycles. The smallest absolute Gasteiger partial charge is 0.331 e. The molecule has 1 aromatic heterocycles. The molecule has 0 radical (unpaired) electrons. The summed E-state index contributed by atoms with van der Waals surface area (Å²) < 4.78 is 24.7. The fourth-order valence-electron chi connectivity index (χ4n) is 1.36. The molecule has 1 aliphatic rings. The first-order valence-electron chi connectivity index (χ1n) is 4.44. The number of nitrogens with one attached hydrogen (secondary N) is 1. The molecule has 1 aliphatic heterocycles. The number of aromatic nitrogens is 1. The fourth-order valence-corrected chi connectivity index (χ4v) is 2.96. The van der Waals surface area contributed by atoms with Crippen molar-refractivity contribution >= 4 is 27.7 Å². The van der Waals surface area contributed by atoms with E-state index in [2.05, 4.69) is 10.3 Å². The van der Waals surface area contributed by atoms with Crippen LogP contribution in [0.3, 0.4) is 0 Å². The normalized spacial score (nSPS) is 16.3. The van der Waals surface area contributed by atoms with Crippen LogP contribution in [0.2, 0.25) is 5.15 Å². The van der Waals surface area contributed by atoms with Gasteiger partial charge in [-0.3, -0.25) is 0 Å². The van der Waals surface area contributed by atoms with Gasteiger partial charge in [0.1, 0.15) is 5.15 Å². The van der Waals surface area contributed by atoms with Gasteiger partial charge in [0.15, 0.2) is 0 Å². The highest BCUT2D eigenvalue weighted by molar-refractivity contribution is 7.89. The van der Waals surface area contributed by atoms with Gasteiger partial charge >= 0.3 is 6.03 Å². The van der Waals surface area contributed by atoms with E-state index in [1.165, 1.54) is 18.3 Å². The molecular weight excluding hydrogens is 254 g/mol. The molecule has 2 rings (SSSR count). The maximum absolute atomic E-state index is 12.0. The lowest BCUT2D eigenvalue weighted by molar-refractivity contribution is 0.236. The molecule has 8 heteroatoms. The predicted octanol–water partition coefficient (Wildman–Crippen LogP) is 0.449. The van der Waals surface area contributed by atoms with Gasteiger partial charge in [-0.15, -0.1) is 0 Å². The Hall–Kier alpha value is -1.34. The van der Waals surface area contributed by atoms with Gasteiger partial charge in [-0.2, -0.15) is 0 Å². The van der Waals surface area contributed by atoms with Gasteiger partial charge in [0.25, 0.3) is 10.0 Å². The molecule has 86 valence electrons. The molecule has 16 heavy (non-hydrogen) atoms. The Kier molecular flexibility index (Phi) is 2.73. The van der Waals surface area contributed by atoms with Crippen LogP contribution in [-0.2, 0) is 10.0 Å². The Balaban J connectivity index is 2.43. The van der Waals surface area contributed by atoms with Crippen LogP contribution >= 0.6 is 11.6 Å². The third kappa shape index (κ3) is 1.83. The second-order valence-electron chi connectivity index (χ2n) is 3.12. The van der Waals surface area contributed by atoms with E-state index in [4.69, 9.17) is 11.6 Å². The molecule has 0 aliphatic carbocycles. The minimum Gasteiger partial charge on any atom is -0.335 e. The van der Waals surface area contributed by atoms with Gasteiger partial charge in [-0.05, 0) is 12.1 Å². The number of nitrogens with zero attached hydrogens (tertiary/aromatic N) is 2. The molecule has 0 unspecified atom stereocenters. The number of carbonyl (C=O) groups excluding carboxylic acids is 1. The maximum atomic E-state index is 12.0. The van der Waals surface area contributed by atoms with Crippen molar-refractivity contribution in [3.63, 3.8) is 0 Å². The Morgan fingerprint density at radius 2 is 2.25 bits per heavy atom. The second-order valence-corrected chi connectivity index (χ2v) is 5.37. The van der Waals surface area contributed by atoms with E-state index in [1.807, 2.05) is 0 Å². The first-order valence-corrected chi connectivity index (χ1v) is 6.26. The van der Waals surface area contributed by atoms with E-state index in [9.17, 15) is 13.2 Å². The number of carbonyl (C=O) groups is 1. The Labute approximate surface area is 97.3 Å². The molecule has 1 aromatic rings. The molecule has 6 nitrogen and oxygen atoms in total. The Morgan fingerprint density at radius 3 is 2.81 bits per heavy atom. The van der Waals surface area contributed by atoms with Gasteiger partial charge in [0.05, 0.1) is 11.4 Å². The lowest BCUT2D eigenvalue weighted by Gasteiger charge is -2.14. The number of halogens is 1. The summed E-state index contributed by atoms with van der Waals surface area (Å²) in [5.41, 5.74) is 0. The minimum absolute atomic E-state index is 0.0375. The first-order chi connectivity index (χ1) is 7.51. The van der Waals surface area contributed by atoms with Crippen molar-refractivity contribution in [2.75, 3.05) is 13.1 Å². The van der Waals surface area contributed by atoms with E-state index >= 15 is 0 Å². The molecule has 1 saturated heterocycles. The molecule has 0 saturated carbocycles. The second kappa shape index (κ2) is 3.91. The van der Waals surface area contributed by atoms with E-state index in [0.29, 0.717) is 6.54 Å².